The largest absolute Gasteiger partial charge is 0.516 e. The van der Waals surface area contributed by atoms with E-state index in [9.17, 15) is 14.4 Å². The second-order valence-electron chi connectivity index (χ2n) is 3.38. The fourth-order valence-corrected chi connectivity index (χ4v) is 1.21. The third-order valence-corrected chi connectivity index (χ3v) is 2.25. The quantitative estimate of drug-likeness (QED) is 0.530. The zero-order valence-corrected chi connectivity index (χ0v) is 9.28. The highest BCUT2D eigenvalue weighted by Crippen LogP contribution is 2.48. The third-order valence-electron chi connectivity index (χ3n) is 2.25. The fraction of sp³-hybridized carbons (Fsp3) is 0.700. The van der Waals surface area contributed by atoms with E-state index in [0.29, 0.717) is 12.8 Å². The first kappa shape index (κ1) is 12.5. The Bertz CT molecular complexity index is 304. The molecule has 1 aliphatic rings. The summed E-state index contributed by atoms with van der Waals surface area (Å²) in [4.78, 5) is 33.8. The number of ether oxygens (including phenoxy) is 3. The third kappa shape index (κ3) is 2.50. The van der Waals surface area contributed by atoms with E-state index in [1.807, 2.05) is 0 Å². The van der Waals surface area contributed by atoms with Gasteiger partial charge in [0.1, 0.15) is 0 Å². The normalized spacial score (nSPS) is 16.1. The van der Waals surface area contributed by atoms with Gasteiger partial charge in [0.2, 0.25) is 0 Å². The molecule has 6 nitrogen and oxygen atoms in total. The second kappa shape index (κ2) is 4.96. The summed E-state index contributed by atoms with van der Waals surface area (Å²) < 4.78 is 13.6. The van der Waals surface area contributed by atoms with E-state index in [1.165, 1.54) is 0 Å². The van der Waals surface area contributed by atoms with Gasteiger partial charge in [0.05, 0.1) is 13.2 Å². The van der Waals surface area contributed by atoms with Crippen LogP contribution in [0.4, 0.5) is 4.79 Å². The standard InChI is InChI=1S/C10H14O6/c1-3-14-7(11)10(5-6-10)8(12)16-9(13)15-4-2/h3-6H2,1-2H3. The Morgan fingerprint density at radius 3 is 2.00 bits per heavy atom. The van der Waals surface area contributed by atoms with E-state index >= 15 is 0 Å². The van der Waals surface area contributed by atoms with Crippen molar-refractivity contribution in [3.05, 3.63) is 0 Å². The first-order valence-corrected chi connectivity index (χ1v) is 5.13. The molecule has 1 saturated carbocycles. The van der Waals surface area contributed by atoms with Gasteiger partial charge in [0.15, 0.2) is 5.41 Å². The van der Waals surface area contributed by atoms with Crippen LogP contribution in [0.25, 0.3) is 0 Å². The molecule has 90 valence electrons. The molecule has 0 atom stereocenters. The van der Waals surface area contributed by atoms with Crippen LogP contribution >= 0.6 is 0 Å². The maximum atomic E-state index is 11.5. The number of rotatable bonds is 4. The molecule has 0 spiro atoms. The topological polar surface area (TPSA) is 78.9 Å². The van der Waals surface area contributed by atoms with Crippen molar-refractivity contribution in [1.29, 1.82) is 0 Å². The van der Waals surface area contributed by atoms with Crippen LogP contribution in [0.3, 0.4) is 0 Å². The SMILES string of the molecule is CCOC(=O)OC(=O)C1(C(=O)OCC)CC1. The Labute approximate surface area is 92.8 Å². The van der Waals surface area contributed by atoms with Gasteiger partial charge in [-0.05, 0) is 26.7 Å². The van der Waals surface area contributed by atoms with Crippen molar-refractivity contribution >= 4 is 18.1 Å². The minimum Gasteiger partial charge on any atom is -0.465 e. The zero-order valence-electron chi connectivity index (χ0n) is 9.28. The minimum atomic E-state index is -1.28. The lowest BCUT2D eigenvalue weighted by Gasteiger charge is -2.11. The van der Waals surface area contributed by atoms with Gasteiger partial charge in [-0.2, -0.15) is 0 Å². The molecule has 1 aliphatic carbocycles. The Balaban J connectivity index is 2.53. The average molecular weight is 230 g/mol. The van der Waals surface area contributed by atoms with Crippen molar-refractivity contribution in [3.63, 3.8) is 0 Å². The van der Waals surface area contributed by atoms with Crippen LogP contribution in [0, 0.1) is 5.41 Å². The van der Waals surface area contributed by atoms with Gasteiger partial charge in [0.25, 0.3) is 0 Å². The molecule has 0 amide bonds. The van der Waals surface area contributed by atoms with E-state index in [-0.39, 0.29) is 13.2 Å². The zero-order chi connectivity index (χ0) is 12.2. The number of hydrogen-bond donors (Lipinski definition) is 0. The Morgan fingerprint density at radius 2 is 1.56 bits per heavy atom. The highest BCUT2D eigenvalue weighted by Gasteiger charge is 2.60. The summed E-state index contributed by atoms with van der Waals surface area (Å²) in [6.45, 7) is 3.53. The fourth-order valence-electron chi connectivity index (χ4n) is 1.21. The van der Waals surface area contributed by atoms with Gasteiger partial charge in [0, 0.05) is 0 Å². The van der Waals surface area contributed by atoms with E-state index < -0.39 is 23.5 Å². The van der Waals surface area contributed by atoms with Crippen molar-refractivity contribution in [2.75, 3.05) is 13.2 Å². The van der Waals surface area contributed by atoms with Crippen LogP contribution < -0.4 is 0 Å². The molecule has 0 unspecified atom stereocenters. The lowest BCUT2D eigenvalue weighted by Crippen LogP contribution is -2.31. The van der Waals surface area contributed by atoms with E-state index in [2.05, 4.69) is 9.47 Å². The summed E-state index contributed by atoms with van der Waals surface area (Å²) in [5.74, 6) is -1.52. The van der Waals surface area contributed by atoms with Gasteiger partial charge >= 0.3 is 18.1 Å². The Hall–Kier alpha value is -1.59. The highest BCUT2D eigenvalue weighted by molar-refractivity contribution is 6.05. The molecule has 0 aromatic rings. The first-order chi connectivity index (χ1) is 7.56. The molecule has 16 heavy (non-hydrogen) atoms. The summed E-state index contributed by atoms with van der Waals surface area (Å²) in [6, 6.07) is 0. The average Bonchev–Trinajstić information content (AvgIpc) is 2.98. The number of hydrogen-bond acceptors (Lipinski definition) is 6. The van der Waals surface area contributed by atoms with Crippen LogP contribution in [0.15, 0.2) is 0 Å². The summed E-state index contributed by atoms with van der Waals surface area (Å²) >= 11 is 0. The van der Waals surface area contributed by atoms with Crippen molar-refractivity contribution in [2.24, 2.45) is 5.41 Å². The molecule has 1 fully saturated rings. The van der Waals surface area contributed by atoms with Crippen LogP contribution in [0.1, 0.15) is 26.7 Å². The lowest BCUT2D eigenvalue weighted by atomic mass is 10.1. The second-order valence-corrected chi connectivity index (χ2v) is 3.38. The molecule has 6 heteroatoms. The molecular weight excluding hydrogens is 216 g/mol. The molecule has 0 aliphatic heterocycles. The number of carbonyl (C=O) groups is 3. The van der Waals surface area contributed by atoms with Crippen molar-refractivity contribution in [1.82, 2.24) is 0 Å². The van der Waals surface area contributed by atoms with Crippen LogP contribution in [-0.4, -0.2) is 31.3 Å². The molecule has 0 aromatic carbocycles. The number of carbonyl (C=O) groups excluding carboxylic acids is 3. The molecule has 0 saturated heterocycles. The van der Waals surface area contributed by atoms with Crippen LogP contribution in [-0.2, 0) is 23.8 Å². The van der Waals surface area contributed by atoms with Crippen molar-refractivity contribution in [2.45, 2.75) is 26.7 Å². The van der Waals surface area contributed by atoms with Gasteiger partial charge in [-0.15, -0.1) is 0 Å². The predicted molar refractivity (Wildman–Crippen MR) is 51.4 cm³/mol. The Morgan fingerprint density at radius 1 is 1.00 bits per heavy atom. The minimum absolute atomic E-state index is 0.110. The summed E-state index contributed by atoms with van der Waals surface area (Å²) in [5, 5.41) is 0. The van der Waals surface area contributed by atoms with Gasteiger partial charge in [-0.3, -0.25) is 9.59 Å². The summed E-state index contributed by atoms with van der Waals surface area (Å²) in [7, 11) is 0. The smallest absolute Gasteiger partial charge is 0.465 e. The molecule has 0 bridgehead atoms. The monoisotopic (exact) mass is 230 g/mol. The van der Waals surface area contributed by atoms with Gasteiger partial charge in [-0.25, -0.2) is 4.79 Å². The van der Waals surface area contributed by atoms with Crippen molar-refractivity contribution < 1.29 is 28.6 Å². The molecular formula is C10H14O6. The molecule has 1 rings (SSSR count). The molecule has 0 heterocycles. The summed E-state index contributed by atoms with van der Waals surface area (Å²) in [5.41, 5.74) is -1.28. The molecule has 0 aromatic heterocycles. The Kier molecular flexibility index (Phi) is 3.87. The predicted octanol–water partition coefficient (Wildman–Crippen LogP) is 1.03. The van der Waals surface area contributed by atoms with Crippen LogP contribution in [0.2, 0.25) is 0 Å². The van der Waals surface area contributed by atoms with E-state index in [1.54, 1.807) is 13.8 Å². The molecule has 0 radical (unpaired) electrons. The van der Waals surface area contributed by atoms with E-state index in [0.717, 1.165) is 0 Å². The van der Waals surface area contributed by atoms with E-state index in [4.69, 9.17) is 4.74 Å². The highest BCUT2D eigenvalue weighted by atomic mass is 16.7. The van der Waals surface area contributed by atoms with Gasteiger partial charge < -0.3 is 14.2 Å². The molecule has 0 N–H and O–H groups in total. The lowest BCUT2D eigenvalue weighted by molar-refractivity contribution is -0.161. The first-order valence-electron chi connectivity index (χ1n) is 5.13. The maximum absolute atomic E-state index is 11.5. The number of esters is 2. The van der Waals surface area contributed by atoms with Crippen LogP contribution in [0.5, 0.6) is 0 Å². The van der Waals surface area contributed by atoms with Gasteiger partial charge in [-0.1, -0.05) is 0 Å². The summed E-state index contributed by atoms with van der Waals surface area (Å²) in [6.07, 6.45) is -0.378. The maximum Gasteiger partial charge on any atom is 0.516 e. The van der Waals surface area contributed by atoms with Crippen molar-refractivity contribution in [3.8, 4) is 0 Å².